The molecule has 0 aliphatic carbocycles. The lowest BCUT2D eigenvalue weighted by molar-refractivity contribution is -0.123. The predicted molar refractivity (Wildman–Crippen MR) is 104 cm³/mol. The molecule has 5 heteroatoms. The molecular formula is C20H28N2O2S. The Labute approximate surface area is 154 Å². The molecule has 1 amide bonds. The molecule has 4 nitrogen and oxygen atoms in total. The Kier molecular flexibility index (Phi) is 7.95. The smallest absolute Gasteiger partial charge is 0.234 e. The summed E-state index contributed by atoms with van der Waals surface area (Å²) in [7, 11) is 1.68. The van der Waals surface area contributed by atoms with Crippen LogP contribution in [-0.2, 0) is 17.9 Å². The summed E-state index contributed by atoms with van der Waals surface area (Å²) in [6.45, 7) is 6.01. The fourth-order valence-electron chi connectivity index (χ4n) is 2.89. The van der Waals surface area contributed by atoms with Crippen LogP contribution >= 0.6 is 11.3 Å². The number of hydrogen-bond donors (Lipinski definition) is 1. The Hall–Kier alpha value is -1.85. The minimum Gasteiger partial charge on any atom is -0.496 e. The zero-order valence-electron chi connectivity index (χ0n) is 15.3. The summed E-state index contributed by atoms with van der Waals surface area (Å²) in [5.41, 5.74) is 1.09. The van der Waals surface area contributed by atoms with Crippen molar-refractivity contribution in [2.45, 2.75) is 45.8 Å². The van der Waals surface area contributed by atoms with Crippen molar-refractivity contribution in [3.05, 3.63) is 52.2 Å². The zero-order chi connectivity index (χ0) is 18.1. The summed E-state index contributed by atoms with van der Waals surface area (Å²) in [5, 5.41) is 5.17. The Morgan fingerprint density at radius 1 is 1.24 bits per heavy atom. The van der Waals surface area contributed by atoms with Crippen molar-refractivity contribution in [3.8, 4) is 5.75 Å². The molecule has 0 aliphatic heterocycles. The van der Waals surface area contributed by atoms with Crippen LogP contribution in [0, 0.1) is 0 Å². The fourth-order valence-corrected chi connectivity index (χ4v) is 3.64. The average Bonchev–Trinajstić information content (AvgIpc) is 3.08. The maximum absolute atomic E-state index is 12.4. The topological polar surface area (TPSA) is 41.6 Å². The van der Waals surface area contributed by atoms with Crippen LogP contribution in [-0.4, -0.2) is 30.5 Å². The molecule has 136 valence electrons. The summed E-state index contributed by atoms with van der Waals surface area (Å²) in [4.78, 5) is 15.8. The van der Waals surface area contributed by atoms with E-state index < -0.39 is 0 Å². The van der Waals surface area contributed by atoms with Crippen molar-refractivity contribution in [1.82, 2.24) is 10.2 Å². The maximum Gasteiger partial charge on any atom is 0.234 e. The highest BCUT2D eigenvalue weighted by atomic mass is 32.1. The normalized spacial score (nSPS) is 12.2. The van der Waals surface area contributed by atoms with Crippen LogP contribution < -0.4 is 10.1 Å². The highest BCUT2D eigenvalue weighted by molar-refractivity contribution is 7.09. The van der Waals surface area contributed by atoms with Crippen molar-refractivity contribution in [3.63, 3.8) is 0 Å². The van der Waals surface area contributed by atoms with Gasteiger partial charge in [-0.25, -0.2) is 0 Å². The third-order valence-corrected chi connectivity index (χ3v) is 4.90. The van der Waals surface area contributed by atoms with Crippen LogP contribution in [0.4, 0.5) is 0 Å². The molecule has 1 atom stereocenters. The lowest BCUT2D eigenvalue weighted by Gasteiger charge is -2.23. The first-order chi connectivity index (χ1) is 12.1. The lowest BCUT2D eigenvalue weighted by atomic mass is 10.1. The summed E-state index contributed by atoms with van der Waals surface area (Å²) >= 11 is 1.72. The predicted octanol–water partition coefficient (Wildman–Crippen LogP) is 4.06. The number of nitrogens with one attached hydrogen (secondary N) is 1. The molecule has 0 bridgehead atoms. The first-order valence-corrected chi connectivity index (χ1v) is 9.66. The molecule has 0 saturated carbocycles. The number of carbonyl (C=O) groups excluding carboxylic acids is 1. The van der Waals surface area contributed by atoms with Gasteiger partial charge in [0.1, 0.15) is 5.75 Å². The van der Waals surface area contributed by atoms with Gasteiger partial charge in [-0.15, -0.1) is 11.3 Å². The molecule has 1 heterocycles. The molecule has 0 aliphatic rings. The minimum absolute atomic E-state index is 0.0763. The molecule has 2 aromatic rings. The second kappa shape index (κ2) is 10.2. The highest BCUT2D eigenvalue weighted by Gasteiger charge is 2.16. The number of benzene rings is 1. The van der Waals surface area contributed by atoms with Crippen LogP contribution in [0.2, 0.25) is 0 Å². The summed E-state index contributed by atoms with van der Waals surface area (Å²) in [6, 6.07) is 12.4. The van der Waals surface area contributed by atoms with E-state index >= 15 is 0 Å². The lowest BCUT2D eigenvalue weighted by Crippen LogP contribution is -2.40. The van der Waals surface area contributed by atoms with Gasteiger partial charge in [0.15, 0.2) is 0 Å². The molecule has 1 N–H and O–H groups in total. The van der Waals surface area contributed by atoms with Gasteiger partial charge in [-0.1, -0.05) is 37.6 Å². The molecule has 0 radical (unpaired) electrons. The summed E-state index contributed by atoms with van der Waals surface area (Å²) in [6.07, 6.45) is 2.07. The van der Waals surface area contributed by atoms with E-state index in [0.717, 1.165) is 30.7 Å². The Balaban J connectivity index is 2.06. The van der Waals surface area contributed by atoms with E-state index in [-0.39, 0.29) is 11.9 Å². The van der Waals surface area contributed by atoms with E-state index in [0.29, 0.717) is 13.1 Å². The van der Waals surface area contributed by atoms with Crippen molar-refractivity contribution in [2.24, 2.45) is 0 Å². The largest absolute Gasteiger partial charge is 0.496 e. The van der Waals surface area contributed by atoms with Gasteiger partial charge in [0.25, 0.3) is 0 Å². The van der Waals surface area contributed by atoms with E-state index in [1.54, 1.807) is 18.4 Å². The van der Waals surface area contributed by atoms with E-state index in [4.69, 9.17) is 4.74 Å². The first kappa shape index (κ1) is 19.5. The van der Waals surface area contributed by atoms with Crippen LogP contribution in [0.1, 0.15) is 37.1 Å². The fraction of sp³-hybridized carbons (Fsp3) is 0.450. The Bertz CT molecular complexity index is 643. The van der Waals surface area contributed by atoms with Gasteiger partial charge >= 0.3 is 0 Å². The van der Waals surface area contributed by atoms with Gasteiger partial charge in [-0.05, 0) is 30.9 Å². The molecule has 0 saturated heterocycles. The van der Waals surface area contributed by atoms with Gasteiger partial charge in [-0.3, -0.25) is 9.69 Å². The second-order valence-corrected chi connectivity index (χ2v) is 7.33. The van der Waals surface area contributed by atoms with Crippen molar-refractivity contribution in [2.75, 3.05) is 13.7 Å². The maximum atomic E-state index is 12.4. The third kappa shape index (κ3) is 6.52. The second-order valence-electron chi connectivity index (χ2n) is 6.29. The first-order valence-electron chi connectivity index (χ1n) is 8.78. The van der Waals surface area contributed by atoms with Crippen molar-refractivity contribution < 1.29 is 9.53 Å². The third-order valence-electron chi connectivity index (χ3n) is 4.04. The SMILES string of the molecule is CCCC(C)NC(=O)CN(Cc1cccs1)Cc1ccccc1OC. The monoisotopic (exact) mass is 360 g/mol. The average molecular weight is 361 g/mol. The van der Waals surface area contributed by atoms with Crippen LogP contribution in [0.5, 0.6) is 5.75 Å². The number of hydrogen-bond acceptors (Lipinski definition) is 4. The van der Waals surface area contributed by atoms with Crippen molar-refractivity contribution >= 4 is 17.2 Å². The number of para-hydroxylation sites is 1. The molecule has 1 aromatic heterocycles. The van der Waals surface area contributed by atoms with Crippen LogP contribution in [0.3, 0.4) is 0 Å². The number of methoxy groups -OCH3 is 1. The van der Waals surface area contributed by atoms with Gasteiger partial charge < -0.3 is 10.1 Å². The van der Waals surface area contributed by atoms with Gasteiger partial charge in [0.2, 0.25) is 5.91 Å². The molecule has 1 aromatic carbocycles. The van der Waals surface area contributed by atoms with E-state index in [1.807, 2.05) is 24.3 Å². The standard InChI is InChI=1S/C20H28N2O2S/c1-4-8-16(2)21-20(23)15-22(14-18-10-7-12-25-18)13-17-9-5-6-11-19(17)24-3/h5-7,9-12,16H,4,8,13-15H2,1-3H3,(H,21,23). The Morgan fingerprint density at radius 3 is 2.72 bits per heavy atom. The number of nitrogens with zero attached hydrogens (tertiary/aromatic N) is 1. The van der Waals surface area contributed by atoms with E-state index in [1.165, 1.54) is 4.88 Å². The van der Waals surface area contributed by atoms with Crippen LogP contribution in [0.15, 0.2) is 41.8 Å². The zero-order valence-corrected chi connectivity index (χ0v) is 16.1. The molecule has 25 heavy (non-hydrogen) atoms. The molecule has 0 spiro atoms. The molecular weight excluding hydrogens is 332 g/mol. The minimum atomic E-state index is 0.0763. The van der Waals surface area contributed by atoms with E-state index in [2.05, 4.69) is 41.6 Å². The van der Waals surface area contributed by atoms with E-state index in [9.17, 15) is 4.79 Å². The molecule has 1 unspecified atom stereocenters. The summed E-state index contributed by atoms with van der Waals surface area (Å²) in [5.74, 6) is 0.936. The quantitative estimate of drug-likeness (QED) is 0.695. The van der Waals surface area contributed by atoms with Gasteiger partial charge in [-0.2, -0.15) is 0 Å². The Morgan fingerprint density at radius 2 is 2.04 bits per heavy atom. The molecule has 0 fully saturated rings. The number of thiophene rings is 1. The van der Waals surface area contributed by atoms with Crippen molar-refractivity contribution in [1.29, 1.82) is 0 Å². The number of amides is 1. The van der Waals surface area contributed by atoms with Gasteiger partial charge in [0.05, 0.1) is 13.7 Å². The number of rotatable bonds is 10. The highest BCUT2D eigenvalue weighted by Crippen LogP contribution is 2.21. The summed E-state index contributed by atoms with van der Waals surface area (Å²) < 4.78 is 5.46. The van der Waals surface area contributed by atoms with Crippen LogP contribution in [0.25, 0.3) is 0 Å². The molecule has 2 rings (SSSR count). The number of ether oxygens (including phenoxy) is 1. The number of carbonyl (C=O) groups is 1. The van der Waals surface area contributed by atoms with Gasteiger partial charge in [0, 0.05) is 29.6 Å².